The fourth-order valence-corrected chi connectivity index (χ4v) is 2.87. The van der Waals surface area contributed by atoms with E-state index in [-0.39, 0.29) is 11.6 Å². The minimum atomic E-state index is -0.532. The van der Waals surface area contributed by atoms with E-state index in [1.807, 2.05) is 7.05 Å². The van der Waals surface area contributed by atoms with Gasteiger partial charge in [0.05, 0.1) is 0 Å². The van der Waals surface area contributed by atoms with Crippen molar-refractivity contribution in [3.63, 3.8) is 0 Å². The number of nitrogens with zero attached hydrogens (tertiary/aromatic N) is 1. The van der Waals surface area contributed by atoms with Crippen LogP contribution in [0.25, 0.3) is 0 Å². The molecule has 1 rings (SSSR count). The molecule has 1 atom stereocenters. The molecular weight excluding hydrogens is 258 g/mol. The molecule has 1 aromatic rings. The van der Waals surface area contributed by atoms with E-state index in [1.54, 1.807) is 0 Å². The zero-order valence-corrected chi connectivity index (χ0v) is 13.1. The normalized spacial score (nSPS) is 13.8. The maximum Gasteiger partial charge on any atom is 0.129 e. The van der Waals surface area contributed by atoms with E-state index in [0.29, 0.717) is 12.0 Å². The molecule has 0 spiro atoms. The summed E-state index contributed by atoms with van der Waals surface area (Å²) < 4.78 is 26.8. The van der Waals surface area contributed by atoms with Crippen LogP contribution in [0.2, 0.25) is 0 Å². The summed E-state index contributed by atoms with van der Waals surface area (Å²) in [5.41, 5.74) is 0.435. The van der Waals surface area contributed by atoms with Gasteiger partial charge < -0.3 is 5.32 Å². The predicted molar refractivity (Wildman–Crippen MR) is 79.9 cm³/mol. The lowest BCUT2D eigenvalue weighted by molar-refractivity contribution is 0.0940. The highest BCUT2D eigenvalue weighted by Crippen LogP contribution is 2.23. The second-order valence-corrected chi connectivity index (χ2v) is 5.61. The number of benzene rings is 1. The first-order valence-corrected chi connectivity index (χ1v) is 7.23. The van der Waals surface area contributed by atoms with Crippen LogP contribution in [0.15, 0.2) is 18.2 Å². The average Bonchev–Trinajstić information content (AvgIpc) is 2.38. The molecule has 114 valence electrons. The van der Waals surface area contributed by atoms with Gasteiger partial charge in [-0.05, 0) is 52.0 Å². The van der Waals surface area contributed by atoms with Crippen LogP contribution in [0.5, 0.6) is 0 Å². The maximum atomic E-state index is 13.8. The van der Waals surface area contributed by atoms with Gasteiger partial charge in [-0.1, -0.05) is 19.9 Å². The molecule has 20 heavy (non-hydrogen) atoms. The summed E-state index contributed by atoms with van der Waals surface area (Å²) in [7, 11) is 1.89. The first kappa shape index (κ1) is 17.1. The zero-order chi connectivity index (χ0) is 15.3. The molecule has 0 radical (unpaired) electrons. The lowest BCUT2D eigenvalue weighted by Crippen LogP contribution is -2.57. The van der Waals surface area contributed by atoms with Gasteiger partial charge in [-0.2, -0.15) is 0 Å². The van der Waals surface area contributed by atoms with Crippen LogP contribution in [0.1, 0.15) is 33.3 Å². The largest absolute Gasteiger partial charge is 0.315 e. The van der Waals surface area contributed by atoms with Crippen molar-refractivity contribution in [1.29, 1.82) is 0 Å². The Morgan fingerprint density at radius 1 is 1.20 bits per heavy atom. The fraction of sp³-hybridized carbons (Fsp3) is 0.625. The topological polar surface area (TPSA) is 15.3 Å². The second kappa shape index (κ2) is 7.14. The summed E-state index contributed by atoms with van der Waals surface area (Å²) in [6, 6.07) is 3.89. The van der Waals surface area contributed by atoms with Gasteiger partial charge in [0.25, 0.3) is 0 Å². The van der Waals surface area contributed by atoms with Crippen LogP contribution in [0, 0.1) is 11.6 Å². The molecule has 0 bridgehead atoms. The zero-order valence-electron chi connectivity index (χ0n) is 13.1. The van der Waals surface area contributed by atoms with Gasteiger partial charge in [-0.15, -0.1) is 0 Å². The smallest absolute Gasteiger partial charge is 0.129 e. The minimum Gasteiger partial charge on any atom is -0.315 e. The minimum absolute atomic E-state index is 0.0855. The third-order valence-corrected chi connectivity index (χ3v) is 4.22. The van der Waals surface area contributed by atoms with E-state index in [1.165, 1.54) is 12.1 Å². The number of halogens is 2. The van der Waals surface area contributed by atoms with E-state index in [0.717, 1.165) is 19.2 Å². The molecule has 0 saturated heterocycles. The molecule has 4 heteroatoms. The molecule has 0 aliphatic heterocycles. The van der Waals surface area contributed by atoms with Crippen molar-refractivity contribution in [2.75, 3.05) is 20.1 Å². The van der Waals surface area contributed by atoms with Crippen LogP contribution in [0.4, 0.5) is 8.78 Å². The molecule has 1 N–H and O–H groups in total. The summed E-state index contributed by atoms with van der Waals surface area (Å²) >= 11 is 0. The van der Waals surface area contributed by atoms with Crippen molar-refractivity contribution < 1.29 is 8.78 Å². The second-order valence-electron chi connectivity index (χ2n) is 5.61. The number of hydrogen-bond donors (Lipinski definition) is 1. The first-order valence-electron chi connectivity index (χ1n) is 7.23. The molecule has 0 saturated carbocycles. The van der Waals surface area contributed by atoms with Crippen molar-refractivity contribution in [1.82, 2.24) is 10.2 Å². The molecule has 0 aliphatic rings. The van der Waals surface area contributed by atoms with Crippen molar-refractivity contribution in [3.8, 4) is 0 Å². The number of likely N-dealkylation sites (N-methyl/N-ethyl adjacent to an activating group) is 2. The lowest BCUT2D eigenvalue weighted by atomic mass is 9.87. The van der Waals surface area contributed by atoms with Gasteiger partial charge in [-0.25, -0.2) is 8.78 Å². The van der Waals surface area contributed by atoms with E-state index >= 15 is 0 Å². The molecule has 1 unspecified atom stereocenters. The Bertz CT molecular complexity index is 428. The van der Waals surface area contributed by atoms with Crippen molar-refractivity contribution in [3.05, 3.63) is 35.4 Å². The van der Waals surface area contributed by atoms with Gasteiger partial charge in [0, 0.05) is 17.6 Å². The Balaban J connectivity index is 2.96. The SMILES string of the molecule is CCN(CC)C(C)(C)C(Cc1ccc(F)cc1F)NC. The van der Waals surface area contributed by atoms with E-state index in [2.05, 4.69) is 37.9 Å². The summed E-state index contributed by atoms with van der Waals surface area (Å²) in [6.45, 7) is 10.4. The van der Waals surface area contributed by atoms with Crippen LogP contribution in [-0.4, -0.2) is 36.6 Å². The summed E-state index contributed by atoms with van der Waals surface area (Å²) in [5, 5.41) is 3.28. The van der Waals surface area contributed by atoms with Gasteiger partial charge >= 0.3 is 0 Å². The third-order valence-electron chi connectivity index (χ3n) is 4.22. The third kappa shape index (κ3) is 3.76. The Morgan fingerprint density at radius 2 is 1.80 bits per heavy atom. The fourth-order valence-electron chi connectivity index (χ4n) is 2.87. The van der Waals surface area contributed by atoms with E-state index < -0.39 is 11.6 Å². The first-order chi connectivity index (χ1) is 9.36. The van der Waals surface area contributed by atoms with Crippen molar-refractivity contribution in [2.24, 2.45) is 0 Å². The highest BCUT2D eigenvalue weighted by molar-refractivity contribution is 5.20. The number of rotatable bonds is 7. The van der Waals surface area contributed by atoms with Crippen molar-refractivity contribution in [2.45, 2.75) is 45.7 Å². The predicted octanol–water partition coefficient (Wildman–Crippen LogP) is 3.22. The quantitative estimate of drug-likeness (QED) is 0.827. The summed E-state index contributed by atoms with van der Waals surface area (Å²) in [4.78, 5) is 2.34. The molecule has 1 aromatic carbocycles. The Labute approximate surface area is 121 Å². The Morgan fingerprint density at radius 3 is 2.25 bits per heavy atom. The van der Waals surface area contributed by atoms with Crippen LogP contribution in [-0.2, 0) is 6.42 Å². The highest BCUT2D eigenvalue weighted by atomic mass is 19.1. The van der Waals surface area contributed by atoms with Gasteiger partial charge in [0.2, 0.25) is 0 Å². The monoisotopic (exact) mass is 284 g/mol. The molecule has 0 heterocycles. The molecule has 0 fully saturated rings. The molecule has 2 nitrogen and oxygen atoms in total. The summed E-state index contributed by atoms with van der Waals surface area (Å²) in [6.07, 6.45) is 0.534. The van der Waals surface area contributed by atoms with Gasteiger partial charge in [0.1, 0.15) is 11.6 Å². The number of hydrogen-bond acceptors (Lipinski definition) is 2. The molecule has 0 amide bonds. The molecule has 0 aromatic heterocycles. The highest BCUT2D eigenvalue weighted by Gasteiger charge is 2.33. The summed E-state index contributed by atoms with van der Waals surface area (Å²) in [5.74, 6) is -1.00. The van der Waals surface area contributed by atoms with Gasteiger partial charge in [0.15, 0.2) is 0 Å². The van der Waals surface area contributed by atoms with Gasteiger partial charge in [-0.3, -0.25) is 4.90 Å². The maximum absolute atomic E-state index is 13.8. The lowest BCUT2D eigenvalue weighted by Gasteiger charge is -2.43. The van der Waals surface area contributed by atoms with E-state index in [9.17, 15) is 8.78 Å². The standard InChI is InChI=1S/C16H26F2N2/c1-6-20(7-2)16(3,4)15(19-5)10-12-8-9-13(17)11-14(12)18/h8-9,11,15,19H,6-7,10H2,1-5H3. The van der Waals surface area contributed by atoms with Crippen LogP contribution >= 0.6 is 0 Å². The van der Waals surface area contributed by atoms with E-state index in [4.69, 9.17) is 0 Å². The Hall–Kier alpha value is -1.00. The Kier molecular flexibility index (Phi) is 6.08. The number of nitrogens with one attached hydrogen (secondary N) is 1. The van der Waals surface area contributed by atoms with Crippen LogP contribution < -0.4 is 5.32 Å². The van der Waals surface area contributed by atoms with Crippen LogP contribution in [0.3, 0.4) is 0 Å². The van der Waals surface area contributed by atoms with Crippen molar-refractivity contribution >= 4 is 0 Å². The average molecular weight is 284 g/mol. The molecule has 0 aliphatic carbocycles. The molecular formula is C16H26F2N2.